The molecule has 0 amide bonds. The highest BCUT2D eigenvalue weighted by molar-refractivity contribution is 5.77. The average Bonchev–Trinajstić information content (AvgIpc) is 2.82. The molecule has 0 aromatic heterocycles. The maximum absolute atomic E-state index is 14.0. The minimum absolute atomic E-state index is 0.173. The molecule has 0 fully saturated rings. The molecule has 33 heavy (non-hydrogen) atoms. The summed E-state index contributed by atoms with van der Waals surface area (Å²) < 4.78 is 63.6. The summed E-state index contributed by atoms with van der Waals surface area (Å²) in [6.45, 7) is 1.19. The minimum atomic E-state index is -4.48. The number of esters is 1. The summed E-state index contributed by atoms with van der Waals surface area (Å²) in [4.78, 5) is 11.8. The Labute approximate surface area is 190 Å². The zero-order chi connectivity index (χ0) is 24.0. The maximum atomic E-state index is 14.0. The lowest BCUT2D eigenvalue weighted by atomic mass is 9.91. The van der Waals surface area contributed by atoms with Crippen molar-refractivity contribution in [3.63, 3.8) is 0 Å². The van der Waals surface area contributed by atoms with E-state index in [-0.39, 0.29) is 18.0 Å². The SMILES string of the molecule is CCOC(=O)CCc1cc(OC)ccc1-c1ccc(-c2cccc(C(F)(F)F)c2)c(CF)c1. The molecule has 0 radical (unpaired) electrons. The number of aryl methyl sites for hydroxylation is 1. The van der Waals surface area contributed by atoms with Crippen molar-refractivity contribution in [3.05, 3.63) is 77.4 Å². The second kappa shape index (κ2) is 10.5. The van der Waals surface area contributed by atoms with Gasteiger partial charge in [0.2, 0.25) is 0 Å². The molecular formula is C26H24F4O3. The van der Waals surface area contributed by atoms with Crippen molar-refractivity contribution in [3.8, 4) is 28.0 Å². The Morgan fingerprint density at radius 2 is 1.61 bits per heavy atom. The van der Waals surface area contributed by atoms with Crippen molar-refractivity contribution in [2.45, 2.75) is 32.6 Å². The fourth-order valence-electron chi connectivity index (χ4n) is 3.67. The molecule has 3 aromatic carbocycles. The lowest BCUT2D eigenvalue weighted by molar-refractivity contribution is -0.143. The van der Waals surface area contributed by atoms with Crippen LogP contribution in [0.1, 0.15) is 30.0 Å². The summed E-state index contributed by atoms with van der Waals surface area (Å²) in [5.74, 6) is 0.291. The Hall–Kier alpha value is -3.35. The first-order valence-electron chi connectivity index (χ1n) is 10.5. The van der Waals surface area contributed by atoms with Crippen molar-refractivity contribution in [2.75, 3.05) is 13.7 Å². The largest absolute Gasteiger partial charge is 0.497 e. The number of benzene rings is 3. The Morgan fingerprint density at radius 1 is 0.909 bits per heavy atom. The first kappa shape index (κ1) is 24.3. The van der Waals surface area contributed by atoms with Crippen LogP contribution in [0.5, 0.6) is 5.75 Å². The van der Waals surface area contributed by atoms with Gasteiger partial charge >= 0.3 is 12.1 Å². The van der Waals surface area contributed by atoms with Crippen molar-refractivity contribution in [1.29, 1.82) is 0 Å². The molecular weight excluding hydrogens is 436 g/mol. The third kappa shape index (κ3) is 5.92. The third-order valence-corrected chi connectivity index (χ3v) is 5.28. The van der Waals surface area contributed by atoms with E-state index < -0.39 is 18.4 Å². The van der Waals surface area contributed by atoms with E-state index >= 15 is 0 Å². The summed E-state index contributed by atoms with van der Waals surface area (Å²) in [6, 6.07) is 15.2. The van der Waals surface area contributed by atoms with Crippen LogP contribution in [-0.2, 0) is 28.8 Å². The topological polar surface area (TPSA) is 35.5 Å². The first-order chi connectivity index (χ1) is 15.8. The molecule has 0 aliphatic heterocycles. The van der Waals surface area contributed by atoms with Crippen molar-refractivity contribution in [2.24, 2.45) is 0 Å². The van der Waals surface area contributed by atoms with Gasteiger partial charge in [-0.3, -0.25) is 4.79 Å². The van der Waals surface area contributed by atoms with Gasteiger partial charge in [0.05, 0.1) is 19.3 Å². The van der Waals surface area contributed by atoms with Gasteiger partial charge in [0.25, 0.3) is 0 Å². The number of halogens is 4. The van der Waals surface area contributed by atoms with Crippen LogP contribution in [0.4, 0.5) is 17.6 Å². The summed E-state index contributed by atoms with van der Waals surface area (Å²) >= 11 is 0. The molecule has 0 atom stereocenters. The molecule has 3 rings (SSSR count). The normalized spacial score (nSPS) is 11.3. The van der Waals surface area contributed by atoms with Gasteiger partial charge in [0, 0.05) is 6.42 Å². The average molecular weight is 460 g/mol. The molecule has 0 aliphatic carbocycles. The monoisotopic (exact) mass is 460 g/mol. The molecule has 0 heterocycles. The highest BCUT2D eigenvalue weighted by atomic mass is 19.4. The molecule has 174 valence electrons. The van der Waals surface area contributed by atoms with Gasteiger partial charge < -0.3 is 9.47 Å². The fraction of sp³-hybridized carbons (Fsp3) is 0.269. The molecule has 7 heteroatoms. The number of alkyl halides is 4. The summed E-state index contributed by atoms with van der Waals surface area (Å²) in [5.41, 5.74) is 2.48. The van der Waals surface area contributed by atoms with Crippen LogP contribution < -0.4 is 4.74 Å². The number of rotatable bonds is 8. The molecule has 0 bridgehead atoms. The van der Waals surface area contributed by atoms with E-state index in [1.165, 1.54) is 19.2 Å². The molecule has 0 spiro atoms. The van der Waals surface area contributed by atoms with Crippen LogP contribution in [0.25, 0.3) is 22.3 Å². The lowest BCUT2D eigenvalue weighted by Gasteiger charge is -2.15. The van der Waals surface area contributed by atoms with Gasteiger partial charge in [0.15, 0.2) is 0 Å². The number of ether oxygens (including phenoxy) is 2. The van der Waals surface area contributed by atoms with E-state index in [2.05, 4.69) is 0 Å². The molecule has 0 saturated carbocycles. The summed E-state index contributed by atoms with van der Waals surface area (Å²) in [6.07, 6.45) is -3.92. The van der Waals surface area contributed by atoms with Crippen LogP contribution in [0.2, 0.25) is 0 Å². The molecule has 3 aromatic rings. The molecule has 0 aliphatic rings. The van der Waals surface area contributed by atoms with E-state index in [4.69, 9.17) is 9.47 Å². The molecule has 0 unspecified atom stereocenters. The number of hydrogen-bond donors (Lipinski definition) is 0. The second-order valence-corrected chi connectivity index (χ2v) is 7.41. The number of hydrogen-bond acceptors (Lipinski definition) is 3. The van der Waals surface area contributed by atoms with Gasteiger partial charge in [-0.2, -0.15) is 13.2 Å². The summed E-state index contributed by atoms with van der Waals surface area (Å²) in [7, 11) is 1.54. The molecule has 0 saturated heterocycles. The van der Waals surface area contributed by atoms with E-state index in [9.17, 15) is 22.4 Å². The zero-order valence-corrected chi connectivity index (χ0v) is 18.3. The Bertz CT molecular complexity index is 1120. The highest BCUT2D eigenvalue weighted by Gasteiger charge is 2.30. The highest BCUT2D eigenvalue weighted by Crippen LogP contribution is 2.36. The van der Waals surface area contributed by atoms with Gasteiger partial charge in [-0.25, -0.2) is 4.39 Å². The number of carbonyl (C=O) groups excluding carboxylic acids is 1. The van der Waals surface area contributed by atoms with E-state index in [0.717, 1.165) is 23.3 Å². The van der Waals surface area contributed by atoms with Crippen LogP contribution in [0.15, 0.2) is 60.7 Å². The smallest absolute Gasteiger partial charge is 0.416 e. The standard InChI is InChI=1S/C26H24F4O3/c1-3-33-25(31)12-8-19-15-22(32-2)9-11-23(19)18-7-10-24(20(13-18)16-27)17-5-4-6-21(14-17)26(28,29)30/h4-7,9-11,13-15H,3,8,12,16H2,1-2H3. The zero-order valence-electron chi connectivity index (χ0n) is 18.3. The van der Waals surface area contributed by atoms with Gasteiger partial charge in [-0.1, -0.05) is 30.3 Å². The van der Waals surface area contributed by atoms with Crippen LogP contribution >= 0.6 is 0 Å². The third-order valence-electron chi connectivity index (χ3n) is 5.28. The van der Waals surface area contributed by atoms with Crippen molar-refractivity contribution < 1.29 is 31.8 Å². The molecule has 3 nitrogen and oxygen atoms in total. The summed E-state index contributed by atoms with van der Waals surface area (Å²) in [5, 5.41) is 0. The Kier molecular flexibility index (Phi) is 7.74. The van der Waals surface area contributed by atoms with Gasteiger partial charge in [-0.05, 0) is 77.1 Å². The predicted octanol–water partition coefficient (Wildman–Crippen LogP) is 7.01. The second-order valence-electron chi connectivity index (χ2n) is 7.41. The Balaban J connectivity index is 2.00. The Morgan fingerprint density at radius 3 is 2.27 bits per heavy atom. The number of carbonyl (C=O) groups is 1. The van der Waals surface area contributed by atoms with Crippen LogP contribution in [-0.4, -0.2) is 19.7 Å². The van der Waals surface area contributed by atoms with E-state index in [1.807, 2.05) is 12.1 Å². The van der Waals surface area contributed by atoms with Crippen LogP contribution in [0.3, 0.4) is 0 Å². The van der Waals surface area contributed by atoms with Crippen molar-refractivity contribution >= 4 is 5.97 Å². The van der Waals surface area contributed by atoms with Crippen LogP contribution in [0, 0.1) is 0 Å². The van der Waals surface area contributed by atoms with E-state index in [0.29, 0.717) is 35.5 Å². The van der Waals surface area contributed by atoms with Gasteiger partial charge in [0.1, 0.15) is 12.4 Å². The minimum Gasteiger partial charge on any atom is -0.497 e. The lowest BCUT2D eigenvalue weighted by Crippen LogP contribution is -2.06. The van der Waals surface area contributed by atoms with E-state index in [1.54, 1.807) is 31.2 Å². The fourth-order valence-corrected chi connectivity index (χ4v) is 3.67. The maximum Gasteiger partial charge on any atom is 0.416 e. The first-order valence-corrected chi connectivity index (χ1v) is 10.5. The quantitative estimate of drug-likeness (QED) is 0.268. The predicted molar refractivity (Wildman–Crippen MR) is 119 cm³/mol. The van der Waals surface area contributed by atoms with Crippen molar-refractivity contribution in [1.82, 2.24) is 0 Å². The van der Waals surface area contributed by atoms with Gasteiger partial charge in [-0.15, -0.1) is 0 Å². The number of methoxy groups -OCH3 is 1. The molecule has 0 N–H and O–H groups in total.